The molecule has 0 saturated carbocycles. The first-order valence-corrected chi connectivity index (χ1v) is 6.51. The SMILES string of the molecule is CCc1cc(-c2cnc3ccc(Cl)nc3c2)ccn1. The van der Waals surface area contributed by atoms with Crippen LogP contribution < -0.4 is 0 Å². The zero-order chi connectivity index (χ0) is 13.2. The van der Waals surface area contributed by atoms with Crippen LogP contribution >= 0.6 is 11.6 Å². The molecule has 0 aliphatic heterocycles. The van der Waals surface area contributed by atoms with Crippen LogP contribution in [0, 0.1) is 0 Å². The maximum Gasteiger partial charge on any atom is 0.129 e. The Balaban J connectivity index is 2.13. The zero-order valence-electron chi connectivity index (χ0n) is 10.5. The molecule has 0 bridgehead atoms. The molecule has 0 aliphatic rings. The van der Waals surface area contributed by atoms with E-state index in [1.54, 1.807) is 6.07 Å². The summed E-state index contributed by atoms with van der Waals surface area (Å²) in [6.45, 7) is 2.09. The molecular weight excluding hydrogens is 258 g/mol. The van der Waals surface area contributed by atoms with E-state index in [4.69, 9.17) is 11.6 Å². The average Bonchev–Trinajstić information content (AvgIpc) is 2.46. The van der Waals surface area contributed by atoms with E-state index < -0.39 is 0 Å². The summed E-state index contributed by atoms with van der Waals surface area (Å²) in [4.78, 5) is 13.0. The number of rotatable bonds is 2. The second-order valence-electron chi connectivity index (χ2n) is 4.29. The predicted molar refractivity (Wildman–Crippen MR) is 77.2 cm³/mol. The van der Waals surface area contributed by atoms with Gasteiger partial charge in [-0.15, -0.1) is 0 Å². The first kappa shape index (κ1) is 12.1. The molecule has 4 heteroatoms. The molecule has 3 nitrogen and oxygen atoms in total. The number of pyridine rings is 3. The molecule has 0 aliphatic carbocycles. The molecule has 0 aromatic carbocycles. The number of aromatic nitrogens is 3. The number of halogens is 1. The van der Waals surface area contributed by atoms with E-state index in [2.05, 4.69) is 27.9 Å². The molecule has 0 radical (unpaired) electrons. The van der Waals surface area contributed by atoms with Gasteiger partial charge in [0.1, 0.15) is 5.15 Å². The zero-order valence-corrected chi connectivity index (χ0v) is 11.2. The average molecular weight is 270 g/mol. The Morgan fingerprint density at radius 2 is 1.89 bits per heavy atom. The highest BCUT2D eigenvalue weighted by molar-refractivity contribution is 6.29. The fourth-order valence-electron chi connectivity index (χ4n) is 1.99. The lowest BCUT2D eigenvalue weighted by Crippen LogP contribution is -1.89. The van der Waals surface area contributed by atoms with Gasteiger partial charge in [0.2, 0.25) is 0 Å². The molecule has 0 saturated heterocycles. The van der Waals surface area contributed by atoms with Gasteiger partial charge < -0.3 is 0 Å². The largest absolute Gasteiger partial charge is 0.261 e. The van der Waals surface area contributed by atoms with Crippen molar-refractivity contribution in [2.24, 2.45) is 0 Å². The molecule has 0 atom stereocenters. The third kappa shape index (κ3) is 2.42. The first-order chi connectivity index (χ1) is 9.26. The smallest absolute Gasteiger partial charge is 0.129 e. The Morgan fingerprint density at radius 1 is 1.00 bits per heavy atom. The standard InChI is InChI=1S/C15H12ClN3/c1-2-12-7-10(5-6-17-12)11-8-14-13(18-9-11)3-4-15(16)19-14/h3-9H,2H2,1H3. The lowest BCUT2D eigenvalue weighted by atomic mass is 10.1. The Labute approximate surface area is 116 Å². The van der Waals surface area contributed by atoms with E-state index in [9.17, 15) is 0 Å². The van der Waals surface area contributed by atoms with Crippen molar-refractivity contribution in [3.63, 3.8) is 0 Å². The minimum atomic E-state index is 0.482. The topological polar surface area (TPSA) is 38.7 Å². The summed E-state index contributed by atoms with van der Waals surface area (Å²) in [6, 6.07) is 9.68. The van der Waals surface area contributed by atoms with Gasteiger partial charge >= 0.3 is 0 Å². The Hall–Kier alpha value is -2.00. The molecule has 0 N–H and O–H groups in total. The molecule has 19 heavy (non-hydrogen) atoms. The maximum absolute atomic E-state index is 5.92. The van der Waals surface area contributed by atoms with Crippen LogP contribution in [0.25, 0.3) is 22.2 Å². The second kappa shape index (κ2) is 4.94. The van der Waals surface area contributed by atoms with E-state index in [1.165, 1.54) is 0 Å². The molecule has 94 valence electrons. The quantitative estimate of drug-likeness (QED) is 0.662. The highest BCUT2D eigenvalue weighted by Crippen LogP contribution is 2.23. The molecular formula is C15H12ClN3. The summed E-state index contributed by atoms with van der Waals surface area (Å²) < 4.78 is 0. The van der Waals surface area contributed by atoms with Gasteiger partial charge in [-0.3, -0.25) is 9.97 Å². The van der Waals surface area contributed by atoms with E-state index in [0.717, 1.165) is 34.3 Å². The van der Waals surface area contributed by atoms with Crippen LogP contribution in [0.1, 0.15) is 12.6 Å². The van der Waals surface area contributed by atoms with Crippen molar-refractivity contribution in [3.05, 3.63) is 53.6 Å². The fourth-order valence-corrected chi connectivity index (χ4v) is 2.14. The number of hydrogen-bond donors (Lipinski definition) is 0. The van der Waals surface area contributed by atoms with Gasteiger partial charge in [0.05, 0.1) is 11.0 Å². The molecule has 0 unspecified atom stereocenters. The van der Waals surface area contributed by atoms with Crippen molar-refractivity contribution in [2.75, 3.05) is 0 Å². The van der Waals surface area contributed by atoms with Gasteiger partial charge in [0, 0.05) is 23.7 Å². The number of nitrogens with zero attached hydrogens (tertiary/aromatic N) is 3. The monoisotopic (exact) mass is 269 g/mol. The summed E-state index contributed by atoms with van der Waals surface area (Å²) >= 11 is 5.92. The van der Waals surface area contributed by atoms with E-state index >= 15 is 0 Å². The van der Waals surface area contributed by atoms with Crippen LogP contribution in [0.3, 0.4) is 0 Å². The third-order valence-corrected chi connectivity index (χ3v) is 3.23. The molecule has 3 aromatic heterocycles. The van der Waals surface area contributed by atoms with E-state index in [1.807, 2.05) is 30.6 Å². The van der Waals surface area contributed by atoms with Gasteiger partial charge in [0.15, 0.2) is 0 Å². The number of hydrogen-bond acceptors (Lipinski definition) is 3. The predicted octanol–water partition coefficient (Wildman–Crippen LogP) is 3.91. The van der Waals surface area contributed by atoms with Crippen molar-refractivity contribution in [3.8, 4) is 11.1 Å². The van der Waals surface area contributed by atoms with Crippen LogP contribution in [0.4, 0.5) is 0 Å². The Morgan fingerprint density at radius 3 is 2.74 bits per heavy atom. The first-order valence-electron chi connectivity index (χ1n) is 6.14. The lowest BCUT2D eigenvalue weighted by Gasteiger charge is -2.04. The Bertz CT molecular complexity index is 740. The van der Waals surface area contributed by atoms with Crippen molar-refractivity contribution in [1.82, 2.24) is 15.0 Å². The number of fused-ring (bicyclic) bond motifs is 1. The maximum atomic E-state index is 5.92. The summed E-state index contributed by atoms with van der Waals surface area (Å²) in [5, 5.41) is 0.482. The lowest BCUT2D eigenvalue weighted by molar-refractivity contribution is 1.04. The molecule has 3 aromatic rings. The van der Waals surface area contributed by atoms with Crippen LogP contribution in [0.5, 0.6) is 0 Å². The van der Waals surface area contributed by atoms with Crippen molar-refractivity contribution < 1.29 is 0 Å². The summed E-state index contributed by atoms with van der Waals surface area (Å²) in [7, 11) is 0. The van der Waals surface area contributed by atoms with Crippen LogP contribution in [-0.2, 0) is 6.42 Å². The van der Waals surface area contributed by atoms with Crippen LogP contribution in [0.2, 0.25) is 5.15 Å². The van der Waals surface area contributed by atoms with Crippen molar-refractivity contribution in [2.45, 2.75) is 13.3 Å². The molecule has 0 spiro atoms. The normalized spacial score (nSPS) is 10.8. The second-order valence-corrected chi connectivity index (χ2v) is 4.67. The van der Waals surface area contributed by atoms with Gasteiger partial charge in [0.25, 0.3) is 0 Å². The third-order valence-electron chi connectivity index (χ3n) is 3.02. The minimum Gasteiger partial charge on any atom is -0.261 e. The van der Waals surface area contributed by atoms with Gasteiger partial charge in [-0.05, 0) is 42.3 Å². The molecule has 0 fully saturated rings. The van der Waals surface area contributed by atoms with Gasteiger partial charge in [-0.1, -0.05) is 18.5 Å². The van der Waals surface area contributed by atoms with Gasteiger partial charge in [-0.2, -0.15) is 0 Å². The van der Waals surface area contributed by atoms with E-state index in [0.29, 0.717) is 5.15 Å². The van der Waals surface area contributed by atoms with Gasteiger partial charge in [-0.25, -0.2) is 4.98 Å². The van der Waals surface area contributed by atoms with Crippen molar-refractivity contribution >= 4 is 22.6 Å². The fraction of sp³-hybridized carbons (Fsp3) is 0.133. The molecule has 3 rings (SSSR count). The summed E-state index contributed by atoms with van der Waals surface area (Å²) in [5.74, 6) is 0. The van der Waals surface area contributed by atoms with E-state index in [-0.39, 0.29) is 0 Å². The Kier molecular flexibility index (Phi) is 3.13. The summed E-state index contributed by atoms with van der Waals surface area (Å²) in [5.41, 5.74) is 4.84. The molecule has 3 heterocycles. The highest BCUT2D eigenvalue weighted by atomic mass is 35.5. The van der Waals surface area contributed by atoms with Crippen LogP contribution in [-0.4, -0.2) is 15.0 Å². The molecule has 0 amide bonds. The van der Waals surface area contributed by atoms with Crippen LogP contribution in [0.15, 0.2) is 42.7 Å². The summed E-state index contributed by atoms with van der Waals surface area (Å²) in [6.07, 6.45) is 4.59. The minimum absolute atomic E-state index is 0.482. The highest BCUT2D eigenvalue weighted by Gasteiger charge is 2.03. The van der Waals surface area contributed by atoms with Crippen molar-refractivity contribution in [1.29, 1.82) is 0 Å². The number of aryl methyl sites for hydroxylation is 1.